The molecule has 0 radical (unpaired) electrons. The van der Waals surface area contributed by atoms with E-state index in [4.69, 9.17) is 4.74 Å². The normalized spacial score (nSPS) is 10.5. The van der Waals surface area contributed by atoms with Crippen molar-refractivity contribution in [3.63, 3.8) is 0 Å². The second kappa shape index (κ2) is 6.62. The number of hydrogen-bond donors (Lipinski definition) is 0. The predicted molar refractivity (Wildman–Crippen MR) is 90.5 cm³/mol. The third-order valence-corrected chi connectivity index (χ3v) is 4.48. The third kappa shape index (κ3) is 3.40. The molecule has 0 atom stereocenters. The lowest BCUT2D eigenvalue weighted by molar-refractivity contribution is 0.104. The zero-order chi connectivity index (χ0) is 16.2. The number of nitrogens with zero attached hydrogens (tertiary/aromatic N) is 1. The number of benzene rings is 2. The number of rotatable bonds is 5. The highest BCUT2D eigenvalue weighted by atomic mass is 32.1. The molecule has 1 aromatic heterocycles. The van der Waals surface area contributed by atoms with Gasteiger partial charge < -0.3 is 4.74 Å². The molecule has 0 aliphatic heterocycles. The maximum Gasteiger partial charge on any atom is 0.261 e. The van der Waals surface area contributed by atoms with Crippen LogP contribution in [0.3, 0.4) is 0 Å². The second-order valence-electron chi connectivity index (χ2n) is 5.02. The van der Waals surface area contributed by atoms with Crippen LogP contribution in [-0.4, -0.2) is 16.8 Å². The van der Waals surface area contributed by atoms with Crippen LogP contribution >= 0.6 is 11.5 Å². The molecule has 0 fully saturated rings. The molecule has 0 aliphatic carbocycles. The summed E-state index contributed by atoms with van der Waals surface area (Å²) < 4.78 is 6.67. The zero-order valence-corrected chi connectivity index (χ0v) is 13.4. The van der Waals surface area contributed by atoms with Gasteiger partial charge in [0.15, 0.2) is 0 Å². The molecule has 0 spiro atoms. The van der Waals surface area contributed by atoms with Crippen LogP contribution in [0.2, 0.25) is 0 Å². The number of ether oxygens (including phenoxy) is 1. The molecular weight excluding hydrogens is 310 g/mol. The van der Waals surface area contributed by atoms with Crippen molar-refractivity contribution in [1.29, 1.82) is 0 Å². The third-order valence-electron chi connectivity index (χ3n) is 3.45. The molecule has 0 aliphatic rings. The number of methoxy groups -OCH3 is 1. The van der Waals surface area contributed by atoms with E-state index in [0.717, 1.165) is 5.56 Å². The monoisotopic (exact) mass is 325 g/mol. The average Bonchev–Trinajstić information content (AvgIpc) is 2.96. The van der Waals surface area contributed by atoms with Crippen LogP contribution in [-0.2, 0) is 6.54 Å². The van der Waals surface area contributed by atoms with E-state index in [9.17, 15) is 9.59 Å². The lowest BCUT2D eigenvalue weighted by atomic mass is 10.1. The van der Waals surface area contributed by atoms with Crippen molar-refractivity contribution >= 4 is 17.3 Å². The van der Waals surface area contributed by atoms with Crippen LogP contribution in [0.5, 0.6) is 5.75 Å². The number of hydrogen-bond acceptors (Lipinski definition) is 4. The van der Waals surface area contributed by atoms with E-state index in [0.29, 0.717) is 22.7 Å². The van der Waals surface area contributed by atoms with Gasteiger partial charge in [0, 0.05) is 11.6 Å². The predicted octanol–water partition coefficient (Wildman–Crippen LogP) is 3.20. The quantitative estimate of drug-likeness (QED) is 0.677. The molecule has 1 heterocycles. The van der Waals surface area contributed by atoms with Crippen LogP contribution in [0.15, 0.2) is 65.5 Å². The van der Waals surface area contributed by atoms with Gasteiger partial charge in [-0.25, -0.2) is 0 Å². The minimum absolute atomic E-state index is 0.151. The SMILES string of the molecule is COc1ccc(C(=O)c2cc(=O)n(Cc3ccccc3)s2)cc1. The molecule has 3 rings (SSSR count). The lowest BCUT2D eigenvalue weighted by Crippen LogP contribution is -2.12. The topological polar surface area (TPSA) is 48.3 Å². The smallest absolute Gasteiger partial charge is 0.261 e. The lowest BCUT2D eigenvalue weighted by Gasteiger charge is -2.02. The molecule has 0 bridgehead atoms. The number of carbonyl (C=O) groups excluding carboxylic acids is 1. The summed E-state index contributed by atoms with van der Waals surface area (Å²) in [5.74, 6) is 0.540. The van der Waals surface area contributed by atoms with Gasteiger partial charge in [-0.2, -0.15) is 0 Å². The van der Waals surface area contributed by atoms with E-state index in [-0.39, 0.29) is 11.3 Å². The van der Waals surface area contributed by atoms with Gasteiger partial charge in [0.1, 0.15) is 5.75 Å². The molecule has 116 valence electrons. The fourth-order valence-electron chi connectivity index (χ4n) is 2.23. The molecular formula is C18H15NO3S. The molecule has 0 amide bonds. The van der Waals surface area contributed by atoms with E-state index < -0.39 is 0 Å². The molecule has 2 aromatic carbocycles. The van der Waals surface area contributed by atoms with Crippen molar-refractivity contribution in [2.75, 3.05) is 7.11 Å². The van der Waals surface area contributed by atoms with Gasteiger partial charge in [0.2, 0.25) is 5.78 Å². The van der Waals surface area contributed by atoms with Crippen molar-refractivity contribution in [2.45, 2.75) is 6.54 Å². The fourth-order valence-corrected chi connectivity index (χ4v) is 3.17. The molecule has 3 aromatic rings. The van der Waals surface area contributed by atoms with Crippen LogP contribution in [0.1, 0.15) is 20.8 Å². The van der Waals surface area contributed by atoms with Crippen molar-refractivity contribution in [3.05, 3.63) is 87.0 Å². The Labute approximate surface area is 137 Å². The number of carbonyl (C=O) groups is 1. The Morgan fingerprint density at radius 1 is 1.09 bits per heavy atom. The zero-order valence-electron chi connectivity index (χ0n) is 12.6. The summed E-state index contributed by atoms with van der Waals surface area (Å²) >= 11 is 1.19. The van der Waals surface area contributed by atoms with E-state index in [1.807, 2.05) is 30.3 Å². The highest BCUT2D eigenvalue weighted by Gasteiger charge is 2.14. The van der Waals surface area contributed by atoms with Crippen LogP contribution < -0.4 is 10.3 Å². The summed E-state index contributed by atoms with van der Waals surface area (Å²) in [6.45, 7) is 0.472. The molecule has 0 saturated carbocycles. The Hall–Kier alpha value is -2.66. The van der Waals surface area contributed by atoms with Crippen LogP contribution in [0.4, 0.5) is 0 Å². The first-order chi connectivity index (χ1) is 11.2. The van der Waals surface area contributed by atoms with E-state index in [1.54, 1.807) is 35.3 Å². The van der Waals surface area contributed by atoms with E-state index >= 15 is 0 Å². The maximum atomic E-state index is 12.5. The van der Waals surface area contributed by atoms with Gasteiger partial charge in [0.25, 0.3) is 5.56 Å². The van der Waals surface area contributed by atoms with Gasteiger partial charge in [-0.3, -0.25) is 13.5 Å². The summed E-state index contributed by atoms with van der Waals surface area (Å²) in [6.07, 6.45) is 0. The van der Waals surface area contributed by atoms with Crippen molar-refractivity contribution < 1.29 is 9.53 Å². The van der Waals surface area contributed by atoms with Gasteiger partial charge in [0.05, 0.1) is 18.5 Å². The van der Waals surface area contributed by atoms with Crippen molar-refractivity contribution in [3.8, 4) is 5.75 Å². The van der Waals surface area contributed by atoms with Gasteiger partial charge in [-0.15, -0.1) is 0 Å². The highest BCUT2D eigenvalue weighted by molar-refractivity contribution is 7.08. The Bertz CT molecular complexity index is 863. The molecule has 5 heteroatoms. The Morgan fingerprint density at radius 3 is 2.43 bits per heavy atom. The number of ketones is 1. The number of aromatic nitrogens is 1. The Balaban J connectivity index is 1.84. The van der Waals surface area contributed by atoms with Gasteiger partial charge in [-0.05, 0) is 29.8 Å². The molecule has 0 unspecified atom stereocenters. The van der Waals surface area contributed by atoms with E-state index in [1.165, 1.54) is 17.6 Å². The Kier molecular flexibility index (Phi) is 4.39. The largest absolute Gasteiger partial charge is 0.497 e. The standard InChI is InChI=1S/C18H15NO3S/c1-22-15-9-7-14(8-10-15)18(21)16-11-17(20)19(23-16)12-13-5-3-2-4-6-13/h2-11H,12H2,1H3. The van der Waals surface area contributed by atoms with Gasteiger partial charge in [-0.1, -0.05) is 41.9 Å². The Morgan fingerprint density at radius 2 is 1.78 bits per heavy atom. The van der Waals surface area contributed by atoms with Crippen molar-refractivity contribution in [1.82, 2.24) is 3.96 Å². The summed E-state index contributed by atoms with van der Waals surface area (Å²) in [5.41, 5.74) is 1.41. The maximum absolute atomic E-state index is 12.5. The molecule has 0 saturated heterocycles. The summed E-state index contributed by atoms with van der Waals surface area (Å²) in [7, 11) is 1.58. The molecule has 4 nitrogen and oxygen atoms in total. The first-order valence-corrected chi connectivity index (χ1v) is 7.88. The average molecular weight is 325 g/mol. The fraction of sp³-hybridized carbons (Fsp3) is 0.111. The summed E-state index contributed by atoms with van der Waals surface area (Å²) in [6, 6.07) is 18.0. The first kappa shape index (κ1) is 15.2. The minimum Gasteiger partial charge on any atom is -0.497 e. The highest BCUT2D eigenvalue weighted by Crippen LogP contribution is 2.17. The summed E-state index contributed by atoms with van der Waals surface area (Å²) in [4.78, 5) is 25.0. The van der Waals surface area contributed by atoms with E-state index in [2.05, 4.69) is 0 Å². The van der Waals surface area contributed by atoms with Crippen molar-refractivity contribution in [2.24, 2.45) is 0 Å². The molecule has 23 heavy (non-hydrogen) atoms. The minimum atomic E-state index is -0.157. The first-order valence-electron chi connectivity index (χ1n) is 7.11. The van der Waals surface area contributed by atoms with Gasteiger partial charge >= 0.3 is 0 Å². The summed E-state index contributed by atoms with van der Waals surface area (Å²) in [5, 5.41) is 0. The molecule has 0 N–H and O–H groups in total. The second-order valence-corrected chi connectivity index (χ2v) is 6.08. The van der Waals surface area contributed by atoms with Crippen LogP contribution in [0.25, 0.3) is 0 Å². The van der Waals surface area contributed by atoms with Crippen LogP contribution in [0, 0.1) is 0 Å².